The molecule has 6 nitrogen and oxygen atoms in total. The van der Waals surface area contributed by atoms with Crippen molar-refractivity contribution in [3.05, 3.63) is 35.4 Å². The molecule has 112 valence electrons. The third-order valence-corrected chi connectivity index (χ3v) is 2.83. The number of anilines is 1. The van der Waals surface area contributed by atoms with Gasteiger partial charge in [0.2, 0.25) is 5.88 Å². The lowest BCUT2D eigenvalue weighted by atomic mass is 10.2. The molecule has 0 saturated heterocycles. The molecule has 0 aliphatic heterocycles. The van der Waals surface area contributed by atoms with Gasteiger partial charge in [0.15, 0.2) is 11.6 Å². The van der Waals surface area contributed by atoms with Crippen LogP contribution in [-0.4, -0.2) is 21.6 Å². The molecule has 2 heterocycles. The summed E-state index contributed by atoms with van der Waals surface area (Å²) < 4.78 is 11.1. The average Bonchev–Trinajstić information content (AvgIpc) is 2.46. The van der Waals surface area contributed by atoms with E-state index in [4.69, 9.17) is 15.2 Å². The van der Waals surface area contributed by atoms with Gasteiger partial charge in [0.05, 0.1) is 5.69 Å². The molecule has 2 aromatic heterocycles. The lowest BCUT2D eigenvalue weighted by Gasteiger charge is -2.10. The van der Waals surface area contributed by atoms with Crippen LogP contribution < -0.4 is 10.5 Å². The van der Waals surface area contributed by atoms with Gasteiger partial charge in [0, 0.05) is 18.4 Å². The second-order valence-electron chi connectivity index (χ2n) is 4.54. The molecule has 0 amide bonds. The Labute approximate surface area is 124 Å². The van der Waals surface area contributed by atoms with Crippen LogP contribution in [0.2, 0.25) is 0 Å². The van der Waals surface area contributed by atoms with Crippen LogP contribution in [0.3, 0.4) is 0 Å². The fourth-order valence-electron chi connectivity index (χ4n) is 1.86. The number of pyridine rings is 1. The minimum Gasteiger partial charge on any atom is -0.437 e. The SMILES string of the molecule is CCOCc1nc(N)cc(Oc2ccc(C)nc2CC)n1. The first-order chi connectivity index (χ1) is 10.1. The maximum Gasteiger partial charge on any atom is 0.224 e. The highest BCUT2D eigenvalue weighted by Crippen LogP contribution is 2.24. The van der Waals surface area contributed by atoms with E-state index in [-0.39, 0.29) is 0 Å². The molecule has 0 fully saturated rings. The molecule has 0 radical (unpaired) electrons. The molecule has 0 aromatic carbocycles. The Morgan fingerprint density at radius 2 is 1.95 bits per heavy atom. The summed E-state index contributed by atoms with van der Waals surface area (Å²) in [6, 6.07) is 5.39. The molecule has 0 unspecified atom stereocenters. The summed E-state index contributed by atoms with van der Waals surface area (Å²) in [7, 11) is 0. The minimum atomic E-state index is 0.310. The Bertz CT molecular complexity index is 617. The van der Waals surface area contributed by atoms with Gasteiger partial charge in [-0.15, -0.1) is 0 Å². The van der Waals surface area contributed by atoms with E-state index in [1.165, 1.54) is 0 Å². The zero-order valence-corrected chi connectivity index (χ0v) is 12.6. The van der Waals surface area contributed by atoms with Crippen molar-refractivity contribution in [2.75, 3.05) is 12.3 Å². The zero-order chi connectivity index (χ0) is 15.2. The van der Waals surface area contributed by atoms with Crippen molar-refractivity contribution in [3.63, 3.8) is 0 Å². The minimum absolute atomic E-state index is 0.310. The van der Waals surface area contributed by atoms with Gasteiger partial charge in [-0.25, -0.2) is 4.98 Å². The van der Waals surface area contributed by atoms with Gasteiger partial charge in [0.25, 0.3) is 0 Å². The summed E-state index contributed by atoms with van der Waals surface area (Å²) in [4.78, 5) is 12.9. The van der Waals surface area contributed by atoms with Crippen molar-refractivity contribution in [1.82, 2.24) is 15.0 Å². The number of nitrogens with two attached hydrogens (primary N) is 1. The number of hydrogen-bond donors (Lipinski definition) is 1. The second-order valence-corrected chi connectivity index (χ2v) is 4.54. The normalized spacial score (nSPS) is 10.6. The third-order valence-electron chi connectivity index (χ3n) is 2.83. The molecule has 0 saturated carbocycles. The predicted octanol–water partition coefficient (Wildman–Crippen LogP) is 2.65. The summed E-state index contributed by atoms with van der Waals surface area (Å²) in [5.74, 6) is 1.94. The number of rotatable bonds is 6. The van der Waals surface area contributed by atoms with Crippen LogP contribution in [0.1, 0.15) is 31.1 Å². The van der Waals surface area contributed by atoms with Gasteiger partial charge in [0.1, 0.15) is 12.4 Å². The Morgan fingerprint density at radius 3 is 2.67 bits per heavy atom. The molecule has 0 spiro atoms. The largest absolute Gasteiger partial charge is 0.437 e. The van der Waals surface area contributed by atoms with Crippen LogP contribution in [0.4, 0.5) is 5.82 Å². The molecule has 0 aliphatic carbocycles. The summed E-state index contributed by atoms with van der Waals surface area (Å²) >= 11 is 0. The maximum atomic E-state index is 5.81. The van der Waals surface area contributed by atoms with Gasteiger partial charge >= 0.3 is 0 Å². The Kier molecular flexibility index (Phi) is 5.05. The molecular weight excluding hydrogens is 268 g/mol. The number of aromatic nitrogens is 3. The molecule has 6 heteroatoms. The quantitative estimate of drug-likeness (QED) is 0.879. The first kappa shape index (κ1) is 15.2. The van der Waals surface area contributed by atoms with Crippen molar-refractivity contribution in [2.24, 2.45) is 0 Å². The highest BCUT2D eigenvalue weighted by Gasteiger charge is 2.09. The highest BCUT2D eigenvalue weighted by atomic mass is 16.5. The molecule has 2 aromatic rings. The standard InChI is InChI=1S/C15H20N4O2/c1-4-11-12(7-6-10(3)17-11)21-15-8-13(16)18-14(19-15)9-20-5-2/h6-8H,4-5,9H2,1-3H3,(H2,16,18,19). The maximum absolute atomic E-state index is 5.81. The highest BCUT2D eigenvalue weighted by molar-refractivity contribution is 5.37. The topological polar surface area (TPSA) is 83.2 Å². The van der Waals surface area contributed by atoms with Crippen LogP contribution in [0, 0.1) is 6.92 Å². The second kappa shape index (κ2) is 6.99. The van der Waals surface area contributed by atoms with Crippen LogP contribution in [-0.2, 0) is 17.8 Å². The number of nitrogens with zero attached hydrogens (tertiary/aromatic N) is 3. The summed E-state index contributed by atoms with van der Waals surface area (Å²) in [6.07, 6.45) is 0.781. The van der Waals surface area contributed by atoms with E-state index in [0.29, 0.717) is 36.5 Å². The Morgan fingerprint density at radius 1 is 1.14 bits per heavy atom. The van der Waals surface area contributed by atoms with Crippen LogP contribution in [0.5, 0.6) is 11.6 Å². The number of aryl methyl sites for hydroxylation is 2. The van der Waals surface area contributed by atoms with E-state index >= 15 is 0 Å². The Hall–Kier alpha value is -2.21. The lowest BCUT2D eigenvalue weighted by Crippen LogP contribution is -2.04. The van der Waals surface area contributed by atoms with E-state index in [2.05, 4.69) is 15.0 Å². The van der Waals surface area contributed by atoms with Crippen LogP contribution in [0.25, 0.3) is 0 Å². The fourth-order valence-corrected chi connectivity index (χ4v) is 1.86. The smallest absolute Gasteiger partial charge is 0.224 e. The van der Waals surface area contributed by atoms with Gasteiger partial charge in [-0.3, -0.25) is 4.98 Å². The average molecular weight is 288 g/mol. The van der Waals surface area contributed by atoms with Crippen molar-refractivity contribution in [2.45, 2.75) is 33.8 Å². The van der Waals surface area contributed by atoms with Gasteiger partial charge in [-0.2, -0.15) is 4.98 Å². The lowest BCUT2D eigenvalue weighted by molar-refractivity contribution is 0.128. The van der Waals surface area contributed by atoms with Gasteiger partial charge in [-0.05, 0) is 32.4 Å². The summed E-state index contributed by atoms with van der Waals surface area (Å²) in [5.41, 5.74) is 7.62. The van der Waals surface area contributed by atoms with E-state index < -0.39 is 0 Å². The van der Waals surface area contributed by atoms with E-state index in [1.54, 1.807) is 6.07 Å². The molecule has 2 rings (SSSR count). The van der Waals surface area contributed by atoms with E-state index in [1.807, 2.05) is 32.9 Å². The molecular formula is C15H20N4O2. The van der Waals surface area contributed by atoms with Crippen molar-refractivity contribution < 1.29 is 9.47 Å². The number of nitrogen functional groups attached to an aromatic ring is 1. The third kappa shape index (κ3) is 4.13. The first-order valence-electron chi connectivity index (χ1n) is 6.98. The van der Waals surface area contributed by atoms with Crippen LogP contribution >= 0.6 is 0 Å². The van der Waals surface area contributed by atoms with Gasteiger partial charge in [-0.1, -0.05) is 6.92 Å². The summed E-state index contributed by atoms with van der Waals surface area (Å²) in [6.45, 7) is 6.80. The monoisotopic (exact) mass is 288 g/mol. The molecule has 0 aliphatic rings. The van der Waals surface area contributed by atoms with E-state index in [0.717, 1.165) is 17.8 Å². The van der Waals surface area contributed by atoms with E-state index in [9.17, 15) is 0 Å². The van der Waals surface area contributed by atoms with Crippen LogP contribution in [0.15, 0.2) is 18.2 Å². The molecule has 2 N–H and O–H groups in total. The Balaban J connectivity index is 2.24. The first-order valence-corrected chi connectivity index (χ1v) is 6.98. The molecule has 0 bridgehead atoms. The van der Waals surface area contributed by atoms with Crippen molar-refractivity contribution >= 4 is 5.82 Å². The fraction of sp³-hybridized carbons (Fsp3) is 0.400. The summed E-state index contributed by atoms with van der Waals surface area (Å²) in [5, 5.41) is 0. The molecule has 0 atom stereocenters. The van der Waals surface area contributed by atoms with Gasteiger partial charge < -0.3 is 15.2 Å². The van der Waals surface area contributed by atoms with Crippen molar-refractivity contribution in [3.8, 4) is 11.6 Å². The van der Waals surface area contributed by atoms with Crippen molar-refractivity contribution in [1.29, 1.82) is 0 Å². The zero-order valence-electron chi connectivity index (χ0n) is 12.6. The number of ether oxygens (including phenoxy) is 2. The molecule has 21 heavy (non-hydrogen) atoms. The predicted molar refractivity (Wildman–Crippen MR) is 80.2 cm³/mol. The number of hydrogen-bond acceptors (Lipinski definition) is 6.